The summed E-state index contributed by atoms with van der Waals surface area (Å²) in [5.74, 6) is 0. The van der Waals surface area contributed by atoms with Crippen LogP contribution in [-0.4, -0.2) is 24.2 Å². The first-order valence-corrected chi connectivity index (χ1v) is 5.91. The Balaban J connectivity index is 1.80. The van der Waals surface area contributed by atoms with E-state index in [0.29, 0.717) is 12.1 Å². The van der Waals surface area contributed by atoms with Crippen molar-refractivity contribution in [3.05, 3.63) is 16.6 Å². The van der Waals surface area contributed by atoms with Crippen molar-refractivity contribution in [3.8, 4) is 0 Å². The Morgan fingerprint density at radius 2 is 2.57 bits per heavy atom. The van der Waals surface area contributed by atoms with Crippen molar-refractivity contribution in [2.24, 2.45) is 0 Å². The Morgan fingerprint density at radius 3 is 3.29 bits per heavy atom. The largest absolute Gasteiger partial charge is 0.380 e. The first kappa shape index (κ1) is 10.1. The number of hydrogen-bond donors (Lipinski definition) is 1. The minimum absolute atomic E-state index is 0.405. The number of ether oxygens (including phenoxy) is 1. The normalized spacial score (nSPS) is 26.9. The van der Waals surface area contributed by atoms with Crippen LogP contribution in [0.4, 0.5) is 0 Å². The van der Waals surface area contributed by atoms with Crippen LogP contribution in [0.2, 0.25) is 0 Å². The summed E-state index contributed by atoms with van der Waals surface area (Å²) in [7, 11) is 1.80. The topological polar surface area (TPSA) is 34.1 Å². The lowest BCUT2D eigenvalue weighted by Crippen LogP contribution is -2.36. The second-order valence-corrected chi connectivity index (χ2v) is 4.63. The molecule has 14 heavy (non-hydrogen) atoms. The molecule has 1 aliphatic carbocycles. The smallest absolute Gasteiger partial charge is 0.0794 e. The first-order valence-electron chi connectivity index (χ1n) is 5.03. The van der Waals surface area contributed by atoms with Crippen molar-refractivity contribution >= 4 is 11.3 Å². The summed E-state index contributed by atoms with van der Waals surface area (Å²) in [5, 5.41) is 3.53. The highest BCUT2D eigenvalue weighted by atomic mass is 32.1. The van der Waals surface area contributed by atoms with E-state index in [9.17, 15) is 0 Å². The van der Waals surface area contributed by atoms with Gasteiger partial charge < -0.3 is 10.1 Å². The van der Waals surface area contributed by atoms with Gasteiger partial charge in [-0.15, -0.1) is 11.3 Å². The molecule has 1 saturated carbocycles. The molecule has 0 aliphatic heterocycles. The maximum atomic E-state index is 5.42. The van der Waals surface area contributed by atoms with Crippen LogP contribution >= 0.6 is 11.3 Å². The highest BCUT2D eigenvalue weighted by Crippen LogP contribution is 2.22. The summed E-state index contributed by atoms with van der Waals surface area (Å²) >= 11 is 1.70. The molecule has 2 unspecified atom stereocenters. The molecule has 0 saturated heterocycles. The van der Waals surface area contributed by atoms with E-state index >= 15 is 0 Å². The average molecular weight is 212 g/mol. The fraction of sp³-hybridized carbons (Fsp3) is 0.700. The van der Waals surface area contributed by atoms with E-state index < -0.39 is 0 Å². The molecule has 0 spiro atoms. The summed E-state index contributed by atoms with van der Waals surface area (Å²) in [4.78, 5) is 5.35. The summed E-state index contributed by atoms with van der Waals surface area (Å²) in [6.07, 6.45) is 6.03. The zero-order valence-electron chi connectivity index (χ0n) is 8.40. The number of hydrogen-bond acceptors (Lipinski definition) is 4. The van der Waals surface area contributed by atoms with Crippen LogP contribution in [0.1, 0.15) is 24.1 Å². The van der Waals surface area contributed by atoms with Gasteiger partial charge in [0.2, 0.25) is 0 Å². The van der Waals surface area contributed by atoms with E-state index in [-0.39, 0.29) is 0 Å². The predicted molar refractivity (Wildman–Crippen MR) is 57.4 cm³/mol. The van der Waals surface area contributed by atoms with Crippen molar-refractivity contribution in [2.45, 2.75) is 38.0 Å². The number of methoxy groups -OCH3 is 1. The van der Waals surface area contributed by atoms with Crippen molar-refractivity contribution < 1.29 is 4.74 Å². The van der Waals surface area contributed by atoms with Gasteiger partial charge in [0.25, 0.3) is 0 Å². The lowest BCUT2D eigenvalue weighted by molar-refractivity contribution is 0.0848. The quantitative estimate of drug-likeness (QED) is 0.826. The van der Waals surface area contributed by atoms with Gasteiger partial charge in [-0.05, 0) is 19.3 Å². The highest BCUT2D eigenvalue weighted by Gasteiger charge is 2.26. The van der Waals surface area contributed by atoms with Crippen LogP contribution in [0.5, 0.6) is 0 Å². The Bertz CT molecular complexity index is 263. The monoisotopic (exact) mass is 212 g/mol. The molecule has 0 aromatic carbocycles. The molecule has 1 fully saturated rings. The van der Waals surface area contributed by atoms with Crippen LogP contribution in [0.25, 0.3) is 0 Å². The fourth-order valence-corrected chi connectivity index (χ4v) is 2.55. The second kappa shape index (κ2) is 4.87. The Morgan fingerprint density at radius 1 is 1.64 bits per heavy atom. The molecule has 1 aromatic heterocycles. The molecule has 0 amide bonds. The van der Waals surface area contributed by atoms with Crippen LogP contribution in [0.15, 0.2) is 11.7 Å². The zero-order valence-corrected chi connectivity index (χ0v) is 9.22. The number of nitrogens with zero attached hydrogens (tertiary/aromatic N) is 1. The molecule has 1 heterocycles. The number of nitrogens with one attached hydrogen (secondary N) is 1. The maximum absolute atomic E-state index is 5.42. The number of thiazole rings is 1. The van der Waals surface area contributed by atoms with E-state index in [0.717, 1.165) is 6.54 Å². The van der Waals surface area contributed by atoms with Gasteiger partial charge in [0, 0.05) is 30.8 Å². The Kier molecular flexibility index (Phi) is 3.50. The third kappa shape index (κ3) is 2.32. The lowest BCUT2D eigenvalue weighted by Gasteiger charge is -2.18. The molecule has 4 heteroatoms. The van der Waals surface area contributed by atoms with E-state index in [4.69, 9.17) is 4.74 Å². The molecule has 1 aromatic rings. The molecule has 3 nitrogen and oxygen atoms in total. The van der Waals surface area contributed by atoms with Crippen molar-refractivity contribution in [3.63, 3.8) is 0 Å². The van der Waals surface area contributed by atoms with Crippen LogP contribution in [0, 0.1) is 0 Å². The molecule has 1 N–H and O–H groups in total. The maximum Gasteiger partial charge on any atom is 0.0794 e. The number of rotatable bonds is 4. The van der Waals surface area contributed by atoms with Gasteiger partial charge >= 0.3 is 0 Å². The predicted octanol–water partition coefficient (Wildman–Crippen LogP) is 1.80. The Labute approximate surface area is 88.5 Å². The van der Waals surface area contributed by atoms with E-state index in [2.05, 4.69) is 10.3 Å². The van der Waals surface area contributed by atoms with Gasteiger partial charge in [0.05, 0.1) is 11.6 Å². The van der Waals surface area contributed by atoms with Crippen LogP contribution in [0.3, 0.4) is 0 Å². The van der Waals surface area contributed by atoms with Crippen LogP contribution < -0.4 is 5.32 Å². The third-order valence-electron chi connectivity index (χ3n) is 2.78. The van der Waals surface area contributed by atoms with Gasteiger partial charge in [-0.3, -0.25) is 4.98 Å². The standard InChI is InChI=1S/C10H16N2OS/c1-13-10-4-2-3-9(10)12-6-8-5-11-7-14-8/h5,7,9-10,12H,2-4,6H2,1H3. The molecule has 78 valence electrons. The summed E-state index contributed by atoms with van der Waals surface area (Å²) in [5.41, 5.74) is 1.87. The average Bonchev–Trinajstić information content (AvgIpc) is 2.85. The van der Waals surface area contributed by atoms with E-state index in [1.54, 1.807) is 18.4 Å². The summed E-state index contributed by atoms with van der Waals surface area (Å²) in [6, 6.07) is 0.530. The number of aromatic nitrogens is 1. The zero-order chi connectivity index (χ0) is 9.80. The van der Waals surface area contributed by atoms with E-state index in [1.165, 1.54) is 24.1 Å². The summed E-state index contributed by atoms with van der Waals surface area (Å²) < 4.78 is 5.42. The SMILES string of the molecule is COC1CCCC1NCc1cncs1. The lowest BCUT2D eigenvalue weighted by atomic mass is 10.2. The fourth-order valence-electron chi connectivity index (χ4n) is 2.00. The van der Waals surface area contributed by atoms with Gasteiger partial charge in [-0.2, -0.15) is 0 Å². The highest BCUT2D eigenvalue weighted by molar-refractivity contribution is 7.09. The van der Waals surface area contributed by atoms with Gasteiger partial charge in [-0.25, -0.2) is 0 Å². The van der Waals surface area contributed by atoms with Crippen LogP contribution in [-0.2, 0) is 11.3 Å². The van der Waals surface area contributed by atoms with Gasteiger partial charge in [0.15, 0.2) is 0 Å². The molecule has 1 aliphatic rings. The molecular formula is C10H16N2OS. The minimum atomic E-state index is 0.405. The van der Waals surface area contributed by atoms with Gasteiger partial charge in [-0.1, -0.05) is 0 Å². The Hall–Kier alpha value is -0.450. The van der Waals surface area contributed by atoms with Gasteiger partial charge in [0.1, 0.15) is 0 Å². The second-order valence-electron chi connectivity index (χ2n) is 3.66. The third-order valence-corrected chi connectivity index (χ3v) is 3.56. The van der Waals surface area contributed by atoms with Crippen molar-refractivity contribution in [2.75, 3.05) is 7.11 Å². The van der Waals surface area contributed by atoms with Crippen molar-refractivity contribution in [1.82, 2.24) is 10.3 Å². The molecule has 2 atom stereocenters. The molecular weight excluding hydrogens is 196 g/mol. The molecule has 0 bridgehead atoms. The molecule has 0 radical (unpaired) electrons. The van der Waals surface area contributed by atoms with Crippen molar-refractivity contribution in [1.29, 1.82) is 0 Å². The minimum Gasteiger partial charge on any atom is -0.380 e. The summed E-state index contributed by atoms with van der Waals surface area (Å²) in [6.45, 7) is 0.926. The van der Waals surface area contributed by atoms with E-state index in [1.807, 2.05) is 11.7 Å². The first-order chi connectivity index (χ1) is 6.90. The molecule has 2 rings (SSSR count).